The summed E-state index contributed by atoms with van der Waals surface area (Å²) in [4.78, 5) is 13.4. The van der Waals surface area contributed by atoms with Crippen molar-refractivity contribution in [1.29, 1.82) is 0 Å². The van der Waals surface area contributed by atoms with E-state index in [9.17, 15) is 4.39 Å². The van der Waals surface area contributed by atoms with Crippen LogP contribution in [-0.2, 0) is 0 Å². The van der Waals surface area contributed by atoms with Gasteiger partial charge in [-0.3, -0.25) is 0 Å². The number of piperazine rings is 1. The standard InChI is InChI=1S/C21H22Cl2FN5/c1-13-10-15(5-6-17(13)24)18-11-19(27-21(23)26-18)29-9-8-28(12-14(29)2)20-16(22)4-3-7-25-20/h3-7,10-11,14,21,26H,8-9,12H2,1-2H3/t14-,21?/m0/s1. The quantitative estimate of drug-likeness (QED) is 0.567. The summed E-state index contributed by atoms with van der Waals surface area (Å²) < 4.78 is 13.6. The lowest BCUT2D eigenvalue weighted by Gasteiger charge is -2.42. The number of alkyl halides is 1. The highest BCUT2D eigenvalue weighted by Gasteiger charge is 2.29. The molecule has 0 amide bonds. The fraction of sp³-hybridized carbons (Fsp3) is 0.333. The number of anilines is 1. The zero-order valence-electron chi connectivity index (χ0n) is 16.2. The maximum Gasteiger partial charge on any atom is 0.197 e. The van der Waals surface area contributed by atoms with Crippen LogP contribution in [0.5, 0.6) is 0 Å². The van der Waals surface area contributed by atoms with Crippen LogP contribution in [-0.4, -0.2) is 47.0 Å². The number of pyridine rings is 1. The minimum Gasteiger partial charge on any atom is -0.352 e. The van der Waals surface area contributed by atoms with Crippen molar-refractivity contribution in [3.05, 3.63) is 64.6 Å². The largest absolute Gasteiger partial charge is 0.352 e. The Kier molecular flexibility index (Phi) is 5.65. The van der Waals surface area contributed by atoms with Gasteiger partial charge in [-0.2, -0.15) is 0 Å². The number of hydrogen-bond acceptors (Lipinski definition) is 5. The van der Waals surface area contributed by atoms with Crippen LogP contribution in [0.2, 0.25) is 5.02 Å². The van der Waals surface area contributed by atoms with Crippen LogP contribution >= 0.6 is 23.2 Å². The summed E-state index contributed by atoms with van der Waals surface area (Å²) in [6, 6.07) is 8.91. The van der Waals surface area contributed by atoms with Gasteiger partial charge in [0.1, 0.15) is 17.5 Å². The molecule has 3 heterocycles. The fourth-order valence-electron chi connectivity index (χ4n) is 3.72. The zero-order valence-corrected chi connectivity index (χ0v) is 17.8. The molecule has 0 aliphatic carbocycles. The normalized spacial score (nSPS) is 22.1. The smallest absolute Gasteiger partial charge is 0.197 e. The molecule has 1 fully saturated rings. The number of aryl methyl sites for hydroxylation is 1. The minimum absolute atomic E-state index is 0.190. The van der Waals surface area contributed by atoms with Crippen LogP contribution in [0.1, 0.15) is 18.1 Å². The lowest BCUT2D eigenvalue weighted by atomic mass is 10.1. The van der Waals surface area contributed by atoms with Crippen LogP contribution in [0.15, 0.2) is 47.6 Å². The summed E-state index contributed by atoms with van der Waals surface area (Å²) in [6.45, 7) is 6.21. The summed E-state index contributed by atoms with van der Waals surface area (Å²) in [6.07, 6.45) is 3.73. The number of hydrogen-bond donors (Lipinski definition) is 1. The average molecular weight is 434 g/mol. The molecule has 0 radical (unpaired) electrons. The maximum atomic E-state index is 13.6. The Labute approximate surface area is 179 Å². The summed E-state index contributed by atoms with van der Waals surface area (Å²) in [5.74, 6) is 1.40. The van der Waals surface area contributed by atoms with Crippen LogP contribution in [0, 0.1) is 12.7 Å². The third-order valence-corrected chi connectivity index (χ3v) is 5.72. The monoisotopic (exact) mass is 433 g/mol. The summed E-state index contributed by atoms with van der Waals surface area (Å²) >= 11 is 12.7. The SMILES string of the molecule is Cc1cc(C2=CC(N3CCN(c4ncccc4Cl)C[C@@H]3C)=NC(Cl)N2)ccc1F. The lowest BCUT2D eigenvalue weighted by Crippen LogP contribution is -2.54. The molecule has 2 aromatic rings. The molecule has 1 aromatic carbocycles. The second kappa shape index (κ2) is 8.20. The number of aliphatic imine (C=N–C) groups is 1. The van der Waals surface area contributed by atoms with Gasteiger partial charge in [0.2, 0.25) is 0 Å². The molecule has 2 aliphatic rings. The van der Waals surface area contributed by atoms with E-state index in [0.717, 1.165) is 42.5 Å². The van der Waals surface area contributed by atoms with Gasteiger partial charge in [-0.15, -0.1) is 0 Å². The molecule has 152 valence electrons. The molecule has 29 heavy (non-hydrogen) atoms. The molecule has 1 N–H and O–H groups in total. The van der Waals surface area contributed by atoms with E-state index in [0.29, 0.717) is 10.6 Å². The van der Waals surface area contributed by atoms with E-state index in [1.54, 1.807) is 19.2 Å². The van der Waals surface area contributed by atoms with Gasteiger partial charge in [0.05, 0.1) is 5.02 Å². The predicted octanol–water partition coefficient (Wildman–Crippen LogP) is 4.26. The number of amidine groups is 1. The first-order valence-corrected chi connectivity index (χ1v) is 10.3. The molecule has 0 bridgehead atoms. The van der Waals surface area contributed by atoms with Crippen molar-refractivity contribution >= 4 is 40.6 Å². The number of nitrogens with zero attached hydrogens (tertiary/aromatic N) is 4. The Balaban J connectivity index is 1.55. The minimum atomic E-state index is -0.578. The van der Waals surface area contributed by atoms with E-state index in [4.69, 9.17) is 23.2 Å². The Hall–Kier alpha value is -2.31. The van der Waals surface area contributed by atoms with Crippen molar-refractivity contribution in [2.45, 2.75) is 25.5 Å². The first-order valence-electron chi connectivity index (χ1n) is 9.51. The second-order valence-electron chi connectivity index (χ2n) is 7.29. The van der Waals surface area contributed by atoms with Crippen LogP contribution < -0.4 is 10.2 Å². The van der Waals surface area contributed by atoms with E-state index in [2.05, 4.69) is 32.0 Å². The van der Waals surface area contributed by atoms with Crippen molar-refractivity contribution in [1.82, 2.24) is 15.2 Å². The third-order valence-electron chi connectivity index (χ3n) is 5.22. The van der Waals surface area contributed by atoms with Gasteiger partial charge in [-0.25, -0.2) is 14.4 Å². The summed E-state index contributed by atoms with van der Waals surface area (Å²) in [7, 11) is 0. The average Bonchev–Trinajstić information content (AvgIpc) is 2.70. The summed E-state index contributed by atoms with van der Waals surface area (Å²) in [5, 5.41) is 3.81. The van der Waals surface area contributed by atoms with Gasteiger partial charge in [0.25, 0.3) is 0 Å². The van der Waals surface area contributed by atoms with Crippen molar-refractivity contribution in [3.8, 4) is 0 Å². The molecular weight excluding hydrogens is 412 g/mol. The molecule has 1 aromatic heterocycles. The first-order chi connectivity index (χ1) is 13.9. The Morgan fingerprint density at radius 2 is 2.07 bits per heavy atom. The molecule has 2 atom stereocenters. The second-order valence-corrected chi connectivity index (χ2v) is 8.11. The highest BCUT2D eigenvalue weighted by Crippen LogP contribution is 2.27. The molecule has 4 rings (SSSR count). The maximum absolute atomic E-state index is 13.6. The van der Waals surface area contributed by atoms with Gasteiger partial charge in [0.15, 0.2) is 5.62 Å². The van der Waals surface area contributed by atoms with E-state index >= 15 is 0 Å². The highest BCUT2D eigenvalue weighted by atomic mass is 35.5. The molecule has 8 heteroatoms. The van der Waals surface area contributed by atoms with Gasteiger partial charge in [-0.1, -0.05) is 23.2 Å². The van der Waals surface area contributed by atoms with E-state index in [1.165, 1.54) is 6.07 Å². The Morgan fingerprint density at radius 3 is 2.79 bits per heavy atom. The molecule has 0 saturated carbocycles. The van der Waals surface area contributed by atoms with Gasteiger partial charge >= 0.3 is 0 Å². The number of benzene rings is 1. The van der Waals surface area contributed by atoms with Crippen LogP contribution in [0.3, 0.4) is 0 Å². The summed E-state index contributed by atoms with van der Waals surface area (Å²) in [5.41, 5.74) is 1.73. The molecule has 0 spiro atoms. The molecular formula is C21H22Cl2FN5. The topological polar surface area (TPSA) is 43.8 Å². The molecule has 1 unspecified atom stereocenters. The number of nitrogens with one attached hydrogen (secondary N) is 1. The zero-order chi connectivity index (χ0) is 20.5. The molecule has 5 nitrogen and oxygen atoms in total. The number of halogens is 3. The lowest BCUT2D eigenvalue weighted by molar-refractivity contribution is 0.297. The highest BCUT2D eigenvalue weighted by molar-refractivity contribution is 6.32. The van der Waals surface area contributed by atoms with Gasteiger partial charge in [0, 0.05) is 43.6 Å². The Bertz CT molecular complexity index is 977. The van der Waals surface area contributed by atoms with Crippen molar-refractivity contribution in [3.63, 3.8) is 0 Å². The van der Waals surface area contributed by atoms with Gasteiger partial charge < -0.3 is 15.1 Å². The van der Waals surface area contributed by atoms with E-state index in [-0.39, 0.29) is 11.9 Å². The molecule has 1 saturated heterocycles. The fourth-order valence-corrected chi connectivity index (χ4v) is 4.18. The van der Waals surface area contributed by atoms with E-state index in [1.807, 2.05) is 24.3 Å². The third kappa shape index (κ3) is 4.19. The van der Waals surface area contributed by atoms with E-state index < -0.39 is 5.62 Å². The van der Waals surface area contributed by atoms with Crippen LogP contribution in [0.25, 0.3) is 5.70 Å². The number of aromatic nitrogens is 1. The number of rotatable bonds is 2. The van der Waals surface area contributed by atoms with Crippen molar-refractivity contribution in [2.24, 2.45) is 4.99 Å². The van der Waals surface area contributed by atoms with Crippen molar-refractivity contribution < 1.29 is 4.39 Å². The van der Waals surface area contributed by atoms with Gasteiger partial charge in [-0.05, 0) is 55.3 Å². The first kappa shape index (κ1) is 20.0. The Morgan fingerprint density at radius 1 is 1.24 bits per heavy atom. The van der Waals surface area contributed by atoms with Crippen LogP contribution in [0.4, 0.5) is 10.2 Å². The molecule has 2 aliphatic heterocycles. The van der Waals surface area contributed by atoms with Crippen molar-refractivity contribution in [2.75, 3.05) is 24.5 Å². The predicted molar refractivity (Wildman–Crippen MR) is 117 cm³/mol.